The maximum atomic E-state index is 13.8. The highest BCUT2D eigenvalue weighted by molar-refractivity contribution is 7.89. The molecule has 35 heavy (non-hydrogen) atoms. The van der Waals surface area contributed by atoms with Crippen molar-refractivity contribution in [3.05, 3.63) is 71.5 Å². The number of halogens is 3. The van der Waals surface area contributed by atoms with Crippen LogP contribution >= 0.6 is 0 Å². The molecule has 2 aromatic carbocycles. The average Bonchev–Trinajstić information content (AvgIpc) is 2.83. The van der Waals surface area contributed by atoms with Gasteiger partial charge in [-0.15, -0.1) is 0 Å². The zero-order valence-corrected chi connectivity index (χ0v) is 19.1. The Morgan fingerprint density at radius 1 is 1.00 bits per heavy atom. The number of phenolic OH excluding ortho intramolecular Hbond substituents is 1. The van der Waals surface area contributed by atoms with Crippen molar-refractivity contribution in [2.45, 2.75) is 11.1 Å². The van der Waals surface area contributed by atoms with E-state index < -0.39 is 26.7 Å². The van der Waals surface area contributed by atoms with Crippen LogP contribution in [0, 0.1) is 0 Å². The second kappa shape index (κ2) is 10.0. The second-order valence-electron chi connectivity index (χ2n) is 7.76. The minimum absolute atomic E-state index is 0.000335. The molecule has 12 heteroatoms. The van der Waals surface area contributed by atoms with Gasteiger partial charge in [0.15, 0.2) is 0 Å². The minimum Gasteiger partial charge on any atom is -0.508 e. The average molecular weight is 506 g/mol. The largest absolute Gasteiger partial charge is 0.508 e. The van der Waals surface area contributed by atoms with Crippen molar-refractivity contribution in [3.8, 4) is 5.75 Å². The third-order valence-corrected chi connectivity index (χ3v) is 7.20. The molecule has 1 fully saturated rings. The van der Waals surface area contributed by atoms with Crippen molar-refractivity contribution < 1.29 is 26.7 Å². The number of nitrogens with zero attached hydrogens (tertiary/aromatic N) is 3. The number of aromatic nitrogens is 2. The number of hydrogen-bond donors (Lipinski definition) is 3. The van der Waals surface area contributed by atoms with Crippen LogP contribution in [0.2, 0.25) is 0 Å². The van der Waals surface area contributed by atoms with Gasteiger partial charge in [0, 0.05) is 49.8 Å². The molecule has 0 amide bonds. The number of phenols is 1. The molecule has 1 aliphatic heterocycles. The van der Waals surface area contributed by atoms with E-state index in [9.17, 15) is 26.7 Å². The summed E-state index contributed by atoms with van der Waals surface area (Å²) in [6.45, 7) is 0.937. The summed E-state index contributed by atoms with van der Waals surface area (Å²) in [6, 6.07) is 9.59. The zero-order chi connectivity index (χ0) is 25.1. The van der Waals surface area contributed by atoms with E-state index in [-0.39, 0.29) is 30.5 Å². The van der Waals surface area contributed by atoms with Crippen LogP contribution in [0.4, 0.5) is 24.8 Å². The van der Waals surface area contributed by atoms with Crippen LogP contribution in [0.1, 0.15) is 16.7 Å². The quantitative estimate of drug-likeness (QED) is 0.469. The minimum atomic E-state index is -4.88. The topological polar surface area (TPSA) is 107 Å². The molecule has 1 aromatic heterocycles. The van der Waals surface area contributed by atoms with E-state index in [0.717, 1.165) is 22.0 Å². The van der Waals surface area contributed by atoms with Crippen LogP contribution in [0.3, 0.4) is 0 Å². The molecular formula is C23H22F3N5O3S. The third-order valence-electron chi connectivity index (χ3n) is 5.25. The molecule has 1 saturated heterocycles. The Morgan fingerprint density at radius 3 is 2.34 bits per heavy atom. The highest BCUT2D eigenvalue weighted by Crippen LogP contribution is 2.37. The molecule has 0 aliphatic carbocycles. The molecule has 3 N–H and O–H groups in total. The summed E-state index contributed by atoms with van der Waals surface area (Å²) in [6.07, 6.45) is 1.54. The van der Waals surface area contributed by atoms with E-state index in [4.69, 9.17) is 0 Å². The number of hydrogen-bond acceptors (Lipinski definition) is 7. The Kier molecular flexibility index (Phi) is 7.05. The van der Waals surface area contributed by atoms with Gasteiger partial charge in [0.25, 0.3) is 0 Å². The Balaban J connectivity index is 1.54. The molecule has 2 heterocycles. The van der Waals surface area contributed by atoms with Gasteiger partial charge in [-0.1, -0.05) is 24.3 Å². The fraction of sp³-hybridized carbons (Fsp3) is 0.217. The lowest BCUT2D eigenvalue weighted by molar-refractivity contribution is -0.139. The number of piperazine rings is 1. The monoisotopic (exact) mass is 505 g/mol. The molecule has 0 radical (unpaired) electrons. The summed E-state index contributed by atoms with van der Waals surface area (Å²) in [5.74, 6) is 0.179. The van der Waals surface area contributed by atoms with Crippen molar-refractivity contribution in [1.82, 2.24) is 19.6 Å². The number of aromatic hydroxyl groups is 1. The van der Waals surface area contributed by atoms with E-state index >= 15 is 0 Å². The summed E-state index contributed by atoms with van der Waals surface area (Å²) in [4.78, 5) is 7.42. The summed E-state index contributed by atoms with van der Waals surface area (Å²) in [5.41, 5.74) is 0.140. The summed E-state index contributed by atoms with van der Waals surface area (Å²) in [7, 11) is -4.31. The number of sulfonamides is 1. The maximum Gasteiger partial charge on any atom is 0.417 e. The lowest BCUT2D eigenvalue weighted by atomic mass is 10.2. The van der Waals surface area contributed by atoms with Gasteiger partial charge in [0.1, 0.15) is 5.75 Å². The molecule has 0 unspecified atom stereocenters. The van der Waals surface area contributed by atoms with Gasteiger partial charge in [-0.25, -0.2) is 18.4 Å². The van der Waals surface area contributed by atoms with E-state index in [2.05, 4.69) is 20.6 Å². The molecule has 1 aliphatic rings. The van der Waals surface area contributed by atoms with Gasteiger partial charge in [0.2, 0.25) is 16.0 Å². The van der Waals surface area contributed by atoms with E-state index in [1.165, 1.54) is 18.5 Å². The van der Waals surface area contributed by atoms with E-state index in [1.807, 2.05) is 0 Å². The smallest absolute Gasteiger partial charge is 0.417 e. The Morgan fingerprint density at radius 2 is 1.69 bits per heavy atom. The molecule has 184 valence electrons. The van der Waals surface area contributed by atoms with Crippen LogP contribution in [0.15, 0.2) is 59.8 Å². The Labute approximate surface area is 200 Å². The van der Waals surface area contributed by atoms with Crippen LogP contribution < -0.4 is 10.6 Å². The van der Waals surface area contributed by atoms with Crippen molar-refractivity contribution >= 4 is 33.8 Å². The summed E-state index contributed by atoms with van der Waals surface area (Å²) < 4.78 is 68.2. The van der Waals surface area contributed by atoms with E-state index in [1.54, 1.807) is 36.4 Å². The fourth-order valence-electron chi connectivity index (χ4n) is 3.52. The van der Waals surface area contributed by atoms with Crippen molar-refractivity contribution in [2.24, 2.45) is 0 Å². The highest BCUT2D eigenvalue weighted by Gasteiger charge is 2.39. The van der Waals surface area contributed by atoms with Gasteiger partial charge in [-0.05, 0) is 35.9 Å². The normalized spacial score (nSPS) is 15.4. The Bertz CT molecular complexity index is 1320. The first-order chi connectivity index (χ1) is 16.6. The molecule has 0 atom stereocenters. The number of alkyl halides is 3. The van der Waals surface area contributed by atoms with Gasteiger partial charge in [0.05, 0.1) is 10.5 Å². The van der Waals surface area contributed by atoms with Gasteiger partial charge in [-0.3, -0.25) is 0 Å². The summed E-state index contributed by atoms with van der Waals surface area (Å²) >= 11 is 0. The number of anilines is 2. The molecule has 0 bridgehead atoms. The van der Waals surface area contributed by atoms with Crippen molar-refractivity contribution in [2.75, 3.05) is 31.5 Å². The predicted octanol–water partition coefficient (Wildman–Crippen LogP) is 3.71. The van der Waals surface area contributed by atoms with Crippen LogP contribution in [0.5, 0.6) is 5.75 Å². The predicted molar refractivity (Wildman–Crippen MR) is 125 cm³/mol. The van der Waals surface area contributed by atoms with Crippen LogP contribution in [-0.4, -0.2) is 54.0 Å². The Hall–Kier alpha value is -3.48. The van der Waals surface area contributed by atoms with Gasteiger partial charge < -0.3 is 15.7 Å². The fourth-order valence-corrected chi connectivity index (χ4v) is 5.15. The molecular weight excluding hydrogens is 483 g/mol. The second-order valence-corrected chi connectivity index (χ2v) is 9.66. The zero-order valence-electron chi connectivity index (χ0n) is 18.3. The first kappa shape index (κ1) is 24.6. The number of benzene rings is 2. The van der Waals surface area contributed by atoms with Crippen molar-refractivity contribution in [1.29, 1.82) is 0 Å². The van der Waals surface area contributed by atoms with Crippen LogP contribution in [-0.2, 0) is 16.2 Å². The maximum absolute atomic E-state index is 13.8. The lowest BCUT2D eigenvalue weighted by Crippen LogP contribution is -2.46. The number of rotatable bonds is 6. The summed E-state index contributed by atoms with van der Waals surface area (Å²) in [5, 5.41) is 15.2. The lowest BCUT2D eigenvalue weighted by Gasteiger charge is -2.28. The first-order valence-corrected chi connectivity index (χ1v) is 12.1. The first-order valence-electron chi connectivity index (χ1n) is 10.6. The third kappa shape index (κ3) is 5.96. The SMILES string of the molecule is O=S(=O)(c1ccc(Nc2ncc(C=Cc3cccc(O)c3)cn2)cc1C(F)(F)F)N1CCNCC1. The van der Waals surface area contributed by atoms with Gasteiger partial charge in [-0.2, -0.15) is 17.5 Å². The number of nitrogens with one attached hydrogen (secondary N) is 2. The van der Waals surface area contributed by atoms with Gasteiger partial charge >= 0.3 is 6.18 Å². The molecule has 0 spiro atoms. The molecule has 4 rings (SSSR count). The van der Waals surface area contributed by atoms with Crippen LogP contribution in [0.25, 0.3) is 12.2 Å². The molecule has 0 saturated carbocycles. The molecule has 3 aromatic rings. The van der Waals surface area contributed by atoms with Crippen molar-refractivity contribution in [3.63, 3.8) is 0 Å². The van der Waals surface area contributed by atoms with E-state index in [0.29, 0.717) is 18.7 Å². The highest BCUT2D eigenvalue weighted by atomic mass is 32.2. The standard InChI is InChI=1S/C23H22F3N5O3S/c24-23(25,26)20-13-18(6-7-21(20)35(33,34)31-10-8-27-9-11-31)30-22-28-14-17(15-29-22)5-4-16-2-1-3-19(32)12-16/h1-7,12-15,27,32H,8-11H2,(H,28,29,30). The molecule has 8 nitrogen and oxygen atoms in total.